The van der Waals surface area contributed by atoms with Crippen molar-refractivity contribution in [1.29, 1.82) is 0 Å². The van der Waals surface area contributed by atoms with Crippen molar-refractivity contribution in [3.63, 3.8) is 0 Å². The molecule has 0 bridgehead atoms. The highest BCUT2D eigenvalue weighted by atomic mass is 16.5. The van der Waals surface area contributed by atoms with E-state index in [0.717, 1.165) is 36.3 Å². The first-order valence-electron chi connectivity index (χ1n) is 11.5. The van der Waals surface area contributed by atoms with Crippen LogP contribution in [0.5, 0.6) is 5.75 Å². The van der Waals surface area contributed by atoms with E-state index in [-0.39, 0.29) is 5.91 Å². The molecule has 0 aliphatic carbocycles. The van der Waals surface area contributed by atoms with Crippen LogP contribution in [0.25, 0.3) is 11.1 Å². The Morgan fingerprint density at radius 2 is 1.91 bits per heavy atom. The first-order valence-corrected chi connectivity index (χ1v) is 11.5. The lowest BCUT2D eigenvalue weighted by Crippen LogP contribution is -2.44. The van der Waals surface area contributed by atoms with E-state index in [1.807, 2.05) is 38.4 Å². The van der Waals surface area contributed by atoms with Crippen molar-refractivity contribution in [3.8, 4) is 16.9 Å². The van der Waals surface area contributed by atoms with Gasteiger partial charge >= 0.3 is 0 Å². The van der Waals surface area contributed by atoms with Gasteiger partial charge in [-0.2, -0.15) is 5.10 Å². The van der Waals surface area contributed by atoms with E-state index < -0.39 is 6.10 Å². The van der Waals surface area contributed by atoms with Crippen LogP contribution in [0.1, 0.15) is 27.2 Å². The molecule has 7 heteroatoms. The molecule has 0 radical (unpaired) electrons. The first-order chi connectivity index (χ1) is 16.0. The summed E-state index contributed by atoms with van der Waals surface area (Å²) >= 11 is 0. The van der Waals surface area contributed by atoms with Gasteiger partial charge in [-0.1, -0.05) is 30.3 Å². The fraction of sp³-hybridized carbons (Fsp3) is 0.385. The smallest absolute Gasteiger partial charge is 0.257 e. The van der Waals surface area contributed by atoms with Gasteiger partial charge in [0, 0.05) is 45.0 Å². The monoisotopic (exact) mass is 446 g/mol. The van der Waals surface area contributed by atoms with Crippen LogP contribution in [0, 0.1) is 6.92 Å². The number of hydrogen-bond acceptors (Lipinski definition) is 5. The second-order valence-electron chi connectivity index (χ2n) is 9.02. The molecule has 1 N–H and O–H groups in total. The number of aliphatic hydroxyl groups excluding tert-OH is 1. The molecule has 0 fully saturated rings. The molecule has 1 aromatic heterocycles. The van der Waals surface area contributed by atoms with E-state index in [2.05, 4.69) is 34.3 Å². The van der Waals surface area contributed by atoms with Gasteiger partial charge < -0.3 is 14.7 Å². The number of ether oxygens (including phenoxy) is 1. The maximum absolute atomic E-state index is 13.3. The number of benzene rings is 2. The molecule has 172 valence electrons. The van der Waals surface area contributed by atoms with Crippen LogP contribution in [-0.2, 0) is 20.0 Å². The zero-order valence-electron chi connectivity index (χ0n) is 19.2. The zero-order valence-corrected chi connectivity index (χ0v) is 19.2. The van der Waals surface area contributed by atoms with E-state index in [1.54, 1.807) is 9.58 Å². The van der Waals surface area contributed by atoms with Crippen LogP contribution in [0.4, 0.5) is 0 Å². The van der Waals surface area contributed by atoms with E-state index in [0.29, 0.717) is 37.6 Å². The largest absolute Gasteiger partial charge is 0.491 e. The Morgan fingerprint density at radius 1 is 1.09 bits per heavy atom. The Hall–Kier alpha value is -3.16. The van der Waals surface area contributed by atoms with Gasteiger partial charge in [0.05, 0.1) is 23.9 Å². The summed E-state index contributed by atoms with van der Waals surface area (Å²) in [4.78, 5) is 17.2. The van der Waals surface area contributed by atoms with E-state index >= 15 is 0 Å². The molecule has 2 aliphatic rings. The molecular weight excluding hydrogens is 416 g/mol. The summed E-state index contributed by atoms with van der Waals surface area (Å²) in [6.07, 6.45) is 2.35. The van der Waals surface area contributed by atoms with Gasteiger partial charge in [0.25, 0.3) is 5.91 Å². The molecule has 5 rings (SSSR count). The van der Waals surface area contributed by atoms with E-state index in [9.17, 15) is 9.90 Å². The summed E-state index contributed by atoms with van der Waals surface area (Å²) in [7, 11) is 1.89. The quantitative estimate of drug-likeness (QED) is 0.653. The van der Waals surface area contributed by atoms with Gasteiger partial charge in [0.1, 0.15) is 12.4 Å². The number of rotatable bonds is 5. The van der Waals surface area contributed by atoms with Crippen molar-refractivity contribution in [2.75, 3.05) is 32.8 Å². The van der Waals surface area contributed by atoms with Crippen molar-refractivity contribution in [2.45, 2.75) is 26.0 Å². The third-order valence-electron chi connectivity index (χ3n) is 6.55. The van der Waals surface area contributed by atoms with Crippen molar-refractivity contribution >= 4 is 5.91 Å². The Kier molecular flexibility index (Phi) is 5.91. The predicted molar refractivity (Wildman–Crippen MR) is 126 cm³/mol. The molecule has 0 saturated heterocycles. The average Bonchev–Trinajstić information content (AvgIpc) is 3.07. The number of carbonyl (C=O) groups excluding carboxylic acids is 1. The van der Waals surface area contributed by atoms with E-state index in [1.165, 1.54) is 11.1 Å². The SMILES string of the molecule is Cc1nn(C)cc1-c1ccc2c(c1)OCCN(CC(O)CN1CCc3ccccc3C1)C2=O. The second kappa shape index (κ2) is 9.00. The van der Waals surface area contributed by atoms with Gasteiger partial charge in [0.15, 0.2) is 0 Å². The van der Waals surface area contributed by atoms with Crippen molar-refractivity contribution in [3.05, 3.63) is 71.0 Å². The minimum absolute atomic E-state index is 0.0972. The number of aromatic nitrogens is 2. The van der Waals surface area contributed by atoms with Crippen molar-refractivity contribution < 1.29 is 14.6 Å². The maximum atomic E-state index is 13.3. The summed E-state index contributed by atoms with van der Waals surface area (Å²) in [5.41, 5.74) is 6.19. The lowest BCUT2D eigenvalue weighted by Gasteiger charge is -2.32. The molecule has 33 heavy (non-hydrogen) atoms. The number of nitrogens with zero attached hydrogens (tertiary/aromatic N) is 4. The van der Waals surface area contributed by atoms with Gasteiger partial charge in [0.2, 0.25) is 0 Å². The first kappa shape index (κ1) is 21.7. The molecule has 1 unspecified atom stereocenters. The van der Waals surface area contributed by atoms with Crippen molar-refractivity contribution in [1.82, 2.24) is 19.6 Å². The molecule has 0 saturated carbocycles. The average molecular weight is 447 g/mol. The number of β-amino-alcohol motifs (C(OH)–C–C–N with tert-alkyl or cyclic N) is 1. The zero-order chi connectivity index (χ0) is 22.9. The molecule has 2 aliphatic heterocycles. The number of aryl methyl sites for hydroxylation is 2. The summed E-state index contributed by atoms with van der Waals surface area (Å²) in [6, 6.07) is 14.2. The molecular formula is C26H30N4O3. The number of carbonyl (C=O) groups is 1. The third kappa shape index (κ3) is 4.51. The fourth-order valence-electron chi connectivity index (χ4n) is 4.90. The Bertz CT molecular complexity index is 1170. The topological polar surface area (TPSA) is 70.8 Å². The summed E-state index contributed by atoms with van der Waals surface area (Å²) < 4.78 is 7.73. The van der Waals surface area contributed by atoms with Crippen LogP contribution in [0.2, 0.25) is 0 Å². The third-order valence-corrected chi connectivity index (χ3v) is 6.55. The molecule has 7 nitrogen and oxygen atoms in total. The molecule has 3 aromatic rings. The summed E-state index contributed by atoms with van der Waals surface area (Å²) in [5, 5.41) is 15.2. The second-order valence-corrected chi connectivity index (χ2v) is 9.02. The minimum atomic E-state index is -0.613. The van der Waals surface area contributed by atoms with Crippen LogP contribution in [0.15, 0.2) is 48.7 Å². The number of amides is 1. The van der Waals surface area contributed by atoms with Gasteiger partial charge in [-0.15, -0.1) is 0 Å². The van der Waals surface area contributed by atoms with Gasteiger partial charge in [-0.05, 0) is 42.2 Å². The fourth-order valence-corrected chi connectivity index (χ4v) is 4.90. The van der Waals surface area contributed by atoms with Crippen molar-refractivity contribution in [2.24, 2.45) is 7.05 Å². The van der Waals surface area contributed by atoms with E-state index in [4.69, 9.17) is 4.74 Å². The Balaban J connectivity index is 1.26. The van der Waals surface area contributed by atoms with Crippen LogP contribution in [-0.4, -0.2) is 69.5 Å². The van der Waals surface area contributed by atoms with Crippen LogP contribution in [0.3, 0.4) is 0 Å². The predicted octanol–water partition coefficient (Wildman–Crippen LogP) is 2.65. The lowest BCUT2D eigenvalue weighted by molar-refractivity contribution is 0.0501. The highest BCUT2D eigenvalue weighted by molar-refractivity contribution is 5.98. The molecule has 0 spiro atoms. The maximum Gasteiger partial charge on any atom is 0.257 e. The standard InChI is InChI=1S/C26H30N4O3/c1-18-24(17-28(2)27-18)20-7-8-23-25(13-20)33-12-11-30(26(23)32)16-22(31)15-29-10-9-19-5-3-4-6-21(19)14-29/h3-8,13,17,22,31H,9-12,14-16H2,1-2H3. The molecule has 1 atom stereocenters. The van der Waals surface area contributed by atoms with Crippen LogP contribution >= 0.6 is 0 Å². The normalized spacial score (nSPS) is 17.2. The Morgan fingerprint density at radius 3 is 2.70 bits per heavy atom. The number of hydrogen-bond donors (Lipinski definition) is 1. The van der Waals surface area contributed by atoms with Gasteiger partial charge in [-0.25, -0.2) is 0 Å². The molecule has 3 heterocycles. The summed E-state index contributed by atoms with van der Waals surface area (Å²) in [6.45, 7) is 5.42. The van der Waals surface area contributed by atoms with Gasteiger partial charge in [-0.3, -0.25) is 14.4 Å². The molecule has 2 aromatic carbocycles. The summed E-state index contributed by atoms with van der Waals surface area (Å²) in [5.74, 6) is 0.491. The number of aliphatic hydroxyl groups is 1. The highest BCUT2D eigenvalue weighted by Crippen LogP contribution is 2.31. The Labute approximate surface area is 194 Å². The number of fused-ring (bicyclic) bond motifs is 2. The molecule has 1 amide bonds. The highest BCUT2D eigenvalue weighted by Gasteiger charge is 2.27. The van der Waals surface area contributed by atoms with Crippen LogP contribution < -0.4 is 4.74 Å². The lowest BCUT2D eigenvalue weighted by atomic mass is 10.00. The minimum Gasteiger partial charge on any atom is -0.491 e.